The van der Waals surface area contributed by atoms with E-state index < -0.39 is 5.91 Å². The second kappa shape index (κ2) is 7.83. The summed E-state index contributed by atoms with van der Waals surface area (Å²) in [6.45, 7) is 6.44. The molecule has 0 aliphatic heterocycles. The van der Waals surface area contributed by atoms with Crippen molar-refractivity contribution in [3.63, 3.8) is 0 Å². The molecule has 2 amide bonds. The van der Waals surface area contributed by atoms with Crippen LogP contribution >= 0.6 is 0 Å². The molecule has 0 heterocycles. The number of hydrogen-bond donors (Lipinski definition) is 1. The Kier molecular flexibility index (Phi) is 5.80. The van der Waals surface area contributed by atoms with Gasteiger partial charge in [0, 0.05) is 17.6 Å². The van der Waals surface area contributed by atoms with Gasteiger partial charge in [0.1, 0.15) is 5.75 Å². The van der Waals surface area contributed by atoms with Crippen molar-refractivity contribution in [2.75, 3.05) is 6.61 Å². The highest BCUT2D eigenvalue weighted by Crippen LogP contribution is 2.19. The summed E-state index contributed by atoms with van der Waals surface area (Å²) in [5, 5.41) is 0. The lowest BCUT2D eigenvalue weighted by Crippen LogP contribution is -2.47. The molecule has 2 rings (SSSR count). The Balaban J connectivity index is 2.03. The van der Waals surface area contributed by atoms with E-state index in [4.69, 9.17) is 10.5 Å². The summed E-state index contributed by atoms with van der Waals surface area (Å²) in [4.78, 5) is 25.5. The first-order chi connectivity index (χ1) is 11.8. The van der Waals surface area contributed by atoms with Gasteiger partial charge in [-0.15, -0.1) is 0 Å². The molecular formula is C20H24N2O3. The molecule has 0 aromatic heterocycles. The predicted octanol–water partition coefficient (Wildman–Crippen LogP) is 2.99. The lowest BCUT2D eigenvalue weighted by Gasteiger charge is -2.35. The molecular weight excluding hydrogens is 316 g/mol. The van der Waals surface area contributed by atoms with Crippen LogP contribution in [0, 0.1) is 0 Å². The number of nitrogens with zero attached hydrogens (tertiary/aromatic N) is 1. The Bertz CT molecular complexity index is 719. The summed E-state index contributed by atoms with van der Waals surface area (Å²) in [5.41, 5.74) is 6.35. The Hall–Kier alpha value is -2.82. The molecule has 5 nitrogen and oxygen atoms in total. The van der Waals surface area contributed by atoms with Crippen molar-refractivity contribution < 1.29 is 14.3 Å². The van der Waals surface area contributed by atoms with E-state index in [0.717, 1.165) is 5.56 Å². The summed E-state index contributed by atoms with van der Waals surface area (Å²) in [7, 11) is 0. The molecule has 0 spiro atoms. The van der Waals surface area contributed by atoms with Gasteiger partial charge in [-0.2, -0.15) is 0 Å². The van der Waals surface area contributed by atoms with E-state index in [0.29, 0.717) is 17.9 Å². The van der Waals surface area contributed by atoms with Crippen LogP contribution in [0.25, 0.3) is 0 Å². The minimum atomic E-state index is -0.496. The minimum absolute atomic E-state index is 0.0694. The third-order valence-electron chi connectivity index (χ3n) is 3.80. The largest absolute Gasteiger partial charge is 0.484 e. The van der Waals surface area contributed by atoms with Gasteiger partial charge in [0.05, 0.1) is 0 Å². The fourth-order valence-electron chi connectivity index (χ4n) is 2.40. The molecule has 2 aromatic carbocycles. The third-order valence-corrected chi connectivity index (χ3v) is 3.80. The number of carbonyl (C=O) groups is 2. The van der Waals surface area contributed by atoms with Crippen LogP contribution < -0.4 is 10.5 Å². The first-order valence-corrected chi connectivity index (χ1v) is 8.14. The first-order valence-electron chi connectivity index (χ1n) is 8.14. The number of rotatable bonds is 6. The topological polar surface area (TPSA) is 72.6 Å². The smallest absolute Gasteiger partial charge is 0.261 e. The van der Waals surface area contributed by atoms with Gasteiger partial charge in [0.25, 0.3) is 5.91 Å². The van der Waals surface area contributed by atoms with Crippen LogP contribution in [0.4, 0.5) is 0 Å². The molecule has 0 saturated heterocycles. The number of nitrogens with two attached hydrogens (primary N) is 1. The van der Waals surface area contributed by atoms with E-state index >= 15 is 0 Å². The van der Waals surface area contributed by atoms with Crippen molar-refractivity contribution in [1.82, 2.24) is 4.90 Å². The van der Waals surface area contributed by atoms with E-state index in [1.165, 1.54) is 0 Å². The summed E-state index contributed by atoms with van der Waals surface area (Å²) in [6.07, 6.45) is 0. The number of benzene rings is 2. The minimum Gasteiger partial charge on any atom is -0.484 e. The standard InChI is InChI=1S/C20H24N2O3/c1-20(2,3)22(13-15-7-5-4-6-8-15)18(23)14-25-17-11-9-16(10-12-17)19(21)24/h4-12H,13-14H2,1-3H3,(H2,21,24). The van der Waals surface area contributed by atoms with Crippen molar-refractivity contribution in [2.45, 2.75) is 32.9 Å². The number of hydrogen-bond acceptors (Lipinski definition) is 3. The normalized spacial score (nSPS) is 11.0. The van der Waals surface area contributed by atoms with Gasteiger partial charge < -0.3 is 15.4 Å². The van der Waals surface area contributed by atoms with Crippen LogP contribution in [0.3, 0.4) is 0 Å². The second-order valence-electron chi connectivity index (χ2n) is 6.81. The van der Waals surface area contributed by atoms with E-state index in [1.54, 1.807) is 29.2 Å². The molecule has 0 unspecified atom stereocenters. The molecule has 0 radical (unpaired) electrons. The summed E-state index contributed by atoms with van der Waals surface area (Å²) in [5.74, 6) is -0.0772. The zero-order chi connectivity index (χ0) is 18.4. The van der Waals surface area contributed by atoms with Gasteiger partial charge in [-0.1, -0.05) is 30.3 Å². The van der Waals surface area contributed by atoms with Crippen molar-refractivity contribution in [2.24, 2.45) is 5.73 Å². The van der Waals surface area contributed by atoms with Gasteiger partial charge in [0.15, 0.2) is 6.61 Å². The summed E-state index contributed by atoms with van der Waals surface area (Å²) >= 11 is 0. The zero-order valence-corrected chi connectivity index (χ0v) is 14.9. The Morgan fingerprint density at radius 2 is 1.60 bits per heavy atom. The van der Waals surface area contributed by atoms with Crippen LogP contribution in [0.5, 0.6) is 5.75 Å². The van der Waals surface area contributed by atoms with Gasteiger partial charge in [-0.05, 0) is 50.6 Å². The highest BCUT2D eigenvalue weighted by atomic mass is 16.5. The Labute approximate surface area is 148 Å². The molecule has 0 saturated carbocycles. The molecule has 0 atom stereocenters. The van der Waals surface area contributed by atoms with E-state index in [9.17, 15) is 9.59 Å². The molecule has 5 heteroatoms. The number of ether oxygens (including phenoxy) is 1. The lowest BCUT2D eigenvalue weighted by molar-refractivity contribution is -0.139. The highest BCUT2D eigenvalue weighted by Gasteiger charge is 2.26. The maximum atomic E-state index is 12.7. The van der Waals surface area contributed by atoms with Gasteiger partial charge in [-0.3, -0.25) is 9.59 Å². The monoisotopic (exact) mass is 340 g/mol. The van der Waals surface area contributed by atoms with Gasteiger partial charge >= 0.3 is 0 Å². The van der Waals surface area contributed by atoms with E-state index in [2.05, 4.69) is 0 Å². The van der Waals surface area contributed by atoms with Gasteiger partial charge in [0.2, 0.25) is 5.91 Å². The van der Waals surface area contributed by atoms with E-state index in [1.807, 2.05) is 51.1 Å². The van der Waals surface area contributed by atoms with Gasteiger partial charge in [-0.25, -0.2) is 0 Å². The second-order valence-corrected chi connectivity index (χ2v) is 6.81. The van der Waals surface area contributed by atoms with Crippen LogP contribution in [-0.2, 0) is 11.3 Å². The van der Waals surface area contributed by atoms with Crippen molar-refractivity contribution in [3.05, 3.63) is 65.7 Å². The van der Waals surface area contributed by atoms with Crippen LogP contribution in [0.2, 0.25) is 0 Å². The molecule has 0 bridgehead atoms. The molecule has 0 aliphatic carbocycles. The highest BCUT2D eigenvalue weighted by molar-refractivity contribution is 5.92. The third kappa shape index (κ3) is 5.35. The molecule has 25 heavy (non-hydrogen) atoms. The molecule has 0 fully saturated rings. The fourth-order valence-corrected chi connectivity index (χ4v) is 2.40. The van der Waals surface area contributed by atoms with Crippen LogP contribution in [0.15, 0.2) is 54.6 Å². The van der Waals surface area contributed by atoms with E-state index in [-0.39, 0.29) is 18.1 Å². The fraction of sp³-hybridized carbons (Fsp3) is 0.300. The molecule has 2 N–H and O–H groups in total. The van der Waals surface area contributed by atoms with Crippen molar-refractivity contribution in [1.29, 1.82) is 0 Å². The maximum Gasteiger partial charge on any atom is 0.261 e. The molecule has 132 valence electrons. The SMILES string of the molecule is CC(C)(C)N(Cc1ccccc1)C(=O)COc1ccc(C(N)=O)cc1. The Morgan fingerprint density at radius 3 is 2.12 bits per heavy atom. The quantitative estimate of drug-likeness (QED) is 0.878. The van der Waals surface area contributed by atoms with Crippen molar-refractivity contribution in [3.8, 4) is 5.75 Å². The Morgan fingerprint density at radius 1 is 1.00 bits per heavy atom. The molecule has 2 aromatic rings. The number of carbonyl (C=O) groups excluding carboxylic acids is 2. The average molecular weight is 340 g/mol. The lowest BCUT2D eigenvalue weighted by atomic mass is 10.0. The number of primary amides is 1. The van der Waals surface area contributed by atoms with Crippen molar-refractivity contribution >= 4 is 11.8 Å². The zero-order valence-electron chi connectivity index (χ0n) is 14.9. The van der Waals surface area contributed by atoms with Crippen LogP contribution in [-0.4, -0.2) is 28.9 Å². The summed E-state index contributed by atoms with van der Waals surface area (Å²) < 4.78 is 5.57. The predicted molar refractivity (Wildman–Crippen MR) is 97.2 cm³/mol. The summed E-state index contributed by atoms with van der Waals surface area (Å²) in [6, 6.07) is 16.3. The average Bonchev–Trinajstić information content (AvgIpc) is 2.58. The maximum absolute atomic E-state index is 12.7. The first kappa shape index (κ1) is 18.5. The number of amides is 2. The van der Waals surface area contributed by atoms with Crippen LogP contribution in [0.1, 0.15) is 36.7 Å². The molecule has 0 aliphatic rings.